The van der Waals surface area contributed by atoms with Gasteiger partial charge in [-0.3, -0.25) is 34.9 Å². The monoisotopic (exact) mass is 730 g/mol. The van der Waals surface area contributed by atoms with Crippen molar-refractivity contribution in [1.82, 2.24) is 9.78 Å². The van der Waals surface area contributed by atoms with Crippen LogP contribution < -0.4 is 10.6 Å². The van der Waals surface area contributed by atoms with Gasteiger partial charge in [0.25, 0.3) is 22.8 Å². The van der Waals surface area contributed by atoms with E-state index in [9.17, 15) is 40.0 Å². The van der Waals surface area contributed by atoms with Crippen LogP contribution in [0.3, 0.4) is 0 Å². The summed E-state index contributed by atoms with van der Waals surface area (Å²) < 4.78 is 1.32. The number of H-pyrrole nitrogens is 1. The molecule has 18 nitrogen and oxygen atoms in total. The molecular formula is C32H26CrN10O8. The molecule has 1 unspecified atom stereocenters. The van der Waals surface area contributed by atoms with Crippen molar-refractivity contribution in [3.8, 4) is 17.2 Å². The van der Waals surface area contributed by atoms with Gasteiger partial charge in [0.1, 0.15) is 22.9 Å². The number of phenols is 2. The third-order valence-electron chi connectivity index (χ3n) is 7.03. The maximum atomic E-state index is 12.5. The Hall–Kier alpha value is -6.84. The molecule has 5 aromatic rings. The van der Waals surface area contributed by atoms with Gasteiger partial charge in [-0.25, -0.2) is 4.68 Å². The van der Waals surface area contributed by atoms with Gasteiger partial charge in [0, 0.05) is 41.6 Å². The number of phenolic OH excluding ortho intramolecular Hbond substituents is 2. The van der Waals surface area contributed by atoms with E-state index in [-0.39, 0.29) is 57.3 Å². The van der Waals surface area contributed by atoms with E-state index in [1.807, 2.05) is 12.1 Å². The van der Waals surface area contributed by atoms with Crippen molar-refractivity contribution < 1.29 is 42.2 Å². The van der Waals surface area contributed by atoms with Crippen LogP contribution in [0.1, 0.15) is 12.6 Å². The number of aryl methyl sites for hydroxylation is 1. The topological polar surface area (TPSA) is 247 Å². The zero-order valence-electron chi connectivity index (χ0n) is 26.6. The van der Waals surface area contributed by atoms with Crippen molar-refractivity contribution >= 4 is 45.7 Å². The molecule has 0 bridgehead atoms. The number of amides is 1. The maximum Gasteiger partial charge on any atom is 0.299 e. The molecule has 1 aliphatic heterocycles. The number of para-hydroxylation sites is 2. The maximum absolute atomic E-state index is 12.5. The number of benzene rings is 4. The van der Waals surface area contributed by atoms with E-state index < -0.39 is 27.4 Å². The van der Waals surface area contributed by atoms with Gasteiger partial charge in [-0.2, -0.15) is 20.3 Å². The molecule has 258 valence electrons. The van der Waals surface area contributed by atoms with E-state index in [4.69, 9.17) is 0 Å². The summed E-state index contributed by atoms with van der Waals surface area (Å²) in [5.74, 6) is -0.933. The molecule has 0 radical (unpaired) electrons. The van der Waals surface area contributed by atoms with E-state index in [0.29, 0.717) is 22.8 Å². The Kier molecular flexibility index (Phi) is 11.6. The molecule has 1 atom stereocenters. The van der Waals surface area contributed by atoms with Gasteiger partial charge in [0.15, 0.2) is 11.7 Å². The van der Waals surface area contributed by atoms with Crippen LogP contribution in [0.5, 0.6) is 11.5 Å². The third-order valence-corrected chi connectivity index (χ3v) is 7.03. The molecule has 1 aromatic heterocycles. The fourth-order valence-corrected chi connectivity index (χ4v) is 4.49. The first-order valence-electron chi connectivity index (χ1n) is 14.5. The first kappa shape index (κ1) is 37.0. The quantitative estimate of drug-likeness (QED) is 0.0881. The van der Waals surface area contributed by atoms with Gasteiger partial charge in [-0.05, 0) is 50.2 Å². The van der Waals surface area contributed by atoms with Crippen molar-refractivity contribution in [3.63, 3.8) is 0 Å². The predicted molar refractivity (Wildman–Crippen MR) is 180 cm³/mol. The zero-order valence-corrected chi connectivity index (χ0v) is 27.9. The number of aromatic nitrogens is 2. The second kappa shape index (κ2) is 16.0. The standard InChI is InChI=1S/2C16H13N5O4.Cr/c2*1-10-15(16(23)20(19-10)11-5-3-2-4-6-11)18-17-13-9-12(21(24)25)7-8-14(13)22;/h2-9,19,22H,1H3;2-9,15,22H,1H3;. The number of nitro groups is 2. The van der Waals surface area contributed by atoms with Crippen LogP contribution in [0.2, 0.25) is 0 Å². The summed E-state index contributed by atoms with van der Waals surface area (Å²) in [6, 6.07) is 23.6. The molecule has 0 spiro atoms. The van der Waals surface area contributed by atoms with E-state index in [2.05, 4.69) is 30.7 Å². The number of anilines is 1. The number of aromatic hydroxyl groups is 2. The molecule has 0 saturated carbocycles. The Balaban J connectivity index is 0.000000224. The summed E-state index contributed by atoms with van der Waals surface area (Å²) in [7, 11) is 0. The Bertz CT molecular complexity index is 2240. The molecule has 3 N–H and O–H groups in total. The van der Waals surface area contributed by atoms with Crippen LogP contribution in [0.4, 0.5) is 34.1 Å². The molecule has 51 heavy (non-hydrogen) atoms. The summed E-state index contributed by atoms with van der Waals surface area (Å²) in [6.45, 7) is 3.29. The second-order valence-electron chi connectivity index (χ2n) is 10.5. The summed E-state index contributed by atoms with van der Waals surface area (Å²) in [5, 5.41) is 64.8. The molecule has 6 rings (SSSR count). The molecular weight excluding hydrogens is 704 g/mol. The zero-order chi connectivity index (χ0) is 35.9. The van der Waals surface area contributed by atoms with Crippen molar-refractivity contribution in [2.75, 3.05) is 5.01 Å². The van der Waals surface area contributed by atoms with Crippen molar-refractivity contribution in [1.29, 1.82) is 0 Å². The fraction of sp³-hybridized carbons (Fsp3) is 0.0938. The number of aromatic amines is 1. The van der Waals surface area contributed by atoms with E-state index in [1.54, 1.807) is 62.4 Å². The first-order chi connectivity index (χ1) is 23.9. The van der Waals surface area contributed by atoms with Crippen LogP contribution in [-0.4, -0.2) is 47.5 Å². The predicted octanol–water partition coefficient (Wildman–Crippen LogP) is 6.68. The molecule has 4 aromatic carbocycles. The Morgan fingerprint density at radius 1 is 0.745 bits per heavy atom. The minimum atomic E-state index is -0.945. The summed E-state index contributed by atoms with van der Waals surface area (Å²) in [4.78, 5) is 45.3. The average molecular weight is 731 g/mol. The Morgan fingerprint density at radius 2 is 1.25 bits per heavy atom. The number of non-ortho nitro benzene ring substituents is 2. The van der Waals surface area contributed by atoms with Gasteiger partial charge in [-0.15, -0.1) is 10.2 Å². The molecule has 0 saturated heterocycles. The van der Waals surface area contributed by atoms with E-state index in [1.165, 1.54) is 9.69 Å². The molecule has 1 aliphatic rings. The second-order valence-corrected chi connectivity index (χ2v) is 10.5. The number of hydrogen-bond donors (Lipinski definition) is 3. The number of carbonyl (C=O) groups is 1. The van der Waals surface area contributed by atoms with E-state index in [0.717, 1.165) is 36.4 Å². The molecule has 2 heterocycles. The summed E-state index contributed by atoms with van der Waals surface area (Å²) in [6.07, 6.45) is 0. The Labute approximate surface area is 298 Å². The molecule has 0 fully saturated rings. The SMILES string of the molecule is CC1=NN(c2ccccc2)C(=O)C1N=Nc1cc([N+](=O)[O-])ccc1O.Cc1[nH]n(-c2ccccc2)c(=O)c1N=Nc1cc([N+](=O)[O-])ccc1O.[Cr]. The number of rotatable bonds is 8. The van der Waals surface area contributed by atoms with Gasteiger partial charge >= 0.3 is 0 Å². The number of nitro benzene ring substituents is 2. The number of nitrogens with one attached hydrogen (secondary N) is 1. The molecule has 19 heteroatoms. The van der Waals surface area contributed by atoms with Gasteiger partial charge < -0.3 is 10.2 Å². The summed E-state index contributed by atoms with van der Waals surface area (Å²) in [5.41, 5.74) is 1.11. The van der Waals surface area contributed by atoms with Crippen LogP contribution in [0.25, 0.3) is 5.69 Å². The average Bonchev–Trinajstić information content (AvgIpc) is 3.56. The molecule has 1 amide bonds. The van der Waals surface area contributed by atoms with Crippen LogP contribution in [-0.2, 0) is 22.2 Å². The molecule has 0 aliphatic carbocycles. The minimum absolute atomic E-state index is 0. The van der Waals surface area contributed by atoms with Crippen LogP contribution in [0, 0.1) is 27.2 Å². The minimum Gasteiger partial charge on any atom is -0.506 e. The number of carbonyl (C=O) groups excluding carboxylic acids is 1. The van der Waals surface area contributed by atoms with Crippen molar-refractivity contribution in [2.24, 2.45) is 25.6 Å². The largest absolute Gasteiger partial charge is 0.506 e. The normalized spacial score (nSPS) is 13.8. The number of nitrogens with zero attached hydrogens (tertiary/aromatic N) is 9. The summed E-state index contributed by atoms with van der Waals surface area (Å²) >= 11 is 0. The first-order valence-corrected chi connectivity index (χ1v) is 14.5. The van der Waals surface area contributed by atoms with Crippen molar-refractivity contribution in [2.45, 2.75) is 19.9 Å². The van der Waals surface area contributed by atoms with Crippen LogP contribution >= 0.6 is 0 Å². The third kappa shape index (κ3) is 8.43. The number of azo groups is 2. The Morgan fingerprint density at radius 3 is 1.78 bits per heavy atom. The van der Waals surface area contributed by atoms with Crippen LogP contribution in [0.15, 0.2) is 127 Å². The smallest absolute Gasteiger partial charge is 0.299 e. The number of hydrazone groups is 1. The number of hydrogen-bond acceptors (Lipinski definition) is 13. The van der Waals surface area contributed by atoms with E-state index >= 15 is 0 Å². The fourth-order valence-electron chi connectivity index (χ4n) is 4.49. The van der Waals surface area contributed by atoms with Gasteiger partial charge in [-0.1, -0.05) is 36.4 Å². The van der Waals surface area contributed by atoms with Crippen molar-refractivity contribution in [3.05, 3.63) is 133 Å². The van der Waals surface area contributed by atoms with Gasteiger partial charge in [0.05, 0.1) is 32.6 Å². The van der Waals surface area contributed by atoms with Gasteiger partial charge in [0.2, 0.25) is 0 Å².